The Hall–Kier alpha value is -0.870. The third-order valence-corrected chi connectivity index (χ3v) is 4.18. The number of carbonyl (C=O) groups excluding carboxylic acids is 1. The molecule has 1 aliphatic rings. The topological polar surface area (TPSA) is 41.1 Å². The molecule has 2 atom stereocenters. The van der Waals surface area contributed by atoms with E-state index < -0.39 is 0 Å². The molecule has 1 saturated heterocycles. The van der Waals surface area contributed by atoms with Gasteiger partial charge in [0.05, 0.1) is 6.42 Å². The summed E-state index contributed by atoms with van der Waals surface area (Å²) in [4.78, 5) is 12.0. The predicted octanol–water partition coefficient (Wildman–Crippen LogP) is 2.50. The van der Waals surface area contributed by atoms with Crippen molar-refractivity contribution < 1.29 is 4.79 Å². The first-order valence-corrected chi connectivity index (χ1v) is 7.69. The summed E-state index contributed by atoms with van der Waals surface area (Å²) in [6, 6.07) is 8.15. The number of hydrogen-bond donors (Lipinski definition) is 2. The first-order valence-electron chi connectivity index (χ1n) is 6.89. The molecule has 1 aromatic rings. The average Bonchev–Trinajstić information content (AvgIpc) is 2.39. The lowest BCUT2D eigenvalue weighted by molar-refractivity contribution is -0.121. The minimum Gasteiger partial charge on any atom is -0.353 e. The van der Waals surface area contributed by atoms with Crippen LogP contribution < -0.4 is 10.6 Å². The summed E-state index contributed by atoms with van der Waals surface area (Å²) in [5.74, 6) is 0.663. The minimum absolute atomic E-state index is 0.108. The normalized spacial score (nSPS) is 20.8. The summed E-state index contributed by atoms with van der Waals surface area (Å²) in [7, 11) is 0. The standard InChI is InChI=1S/C15H21BrN2O/c1-11(13-5-3-7-17-10-13)18-15(19)9-12-4-2-6-14(16)8-12/h2,4,6,8,11,13,17H,3,5,7,9-10H2,1H3,(H,18,19). The van der Waals surface area contributed by atoms with Crippen molar-refractivity contribution in [1.82, 2.24) is 10.6 Å². The molecule has 0 spiro atoms. The van der Waals surface area contributed by atoms with Gasteiger partial charge in [-0.15, -0.1) is 0 Å². The fourth-order valence-electron chi connectivity index (χ4n) is 2.56. The van der Waals surface area contributed by atoms with Gasteiger partial charge in [0.25, 0.3) is 0 Å². The van der Waals surface area contributed by atoms with Gasteiger partial charge in [-0.05, 0) is 56.5 Å². The van der Waals surface area contributed by atoms with Crippen molar-refractivity contribution in [2.24, 2.45) is 5.92 Å². The molecule has 1 amide bonds. The number of nitrogens with one attached hydrogen (secondary N) is 2. The summed E-state index contributed by atoms with van der Waals surface area (Å²) in [6.07, 6.45) is 2.85. The number of hydrogen-bond acceptors (Lipinski definition) is 2. The zero-order valence-corrected chi connectivity index (χ0v) is 12.9. The highest BCUT2D eigenvalue weighted by Crippen LogP contribution is 2.15. The van der Waals surface area contributed by atoms with E-state index in [2.05, 4.69) is 33.5 Å². The highest BCUT2D eigenvalue weighted by molar-refractivity contribution is 9.10. The van der Waals surface area contributed by atoms with E-state index in [1.165, 1.54) is 12.8 Å². The van der Waals surface area contributed by atoms with Crippen LogP contribution in [0.2, 0.25) is 0 Å². The summed E-state index contributed by atoms with van der Waals surface area (Å²) < 4.78 is 1.02. The third-order valence-electron chi connectivity index (χ3n) is 3.68. The van der Waals surface area contributed by atoms with Crippen LogP contribution in [0.4, 0.5) is 0 Å². The van der Waals surface area contributed by atoms with E-state index in [9.17, 15) is 4.79 Å². The lowest BCUT2D eigenvalue weighted by Gasteiger charge is -2.29. The fraction of sp³-hybridized carbons (Fsp3) is 0.533. The molecule has 1 aliphatic heterocycles. The first-order chi connectivity index (χ1) is 9.15. The van der Waals surface area contributed by atoms with Crippen molar-refractivity contribution in [3.8, 4) is 0 Å². The minimum atomic E-state index is 0.108. The second-order valence-corrected chi connectivity index (χ2v) is 6.18. The van der Waals surface area contributed by atoms with Crippen LogP contribution in [0, 0.1) is 5.92 Å². The Labute approximate surface area is 123 Å². The van der Waals surface area contributed by atoms with E-state index in [0.29, 0.717) is 12.3 Å². The van der Waals surface area contributed by atoms with Crippen molar-refractivity contribution in [2.45, 2.75) is 32.2 Å². The number of benzene rings is 1. The molecular weight excluding hydrogens is 304 g/mol. The first kappa shape index (κ1) is 14.5. The van der Waals surface area contributed by atoms with Gasteiger partial charge in [0.15, 0.2) is 0 Å². The van der Waals surface area contributed by atoms with Gasteiger partial charge in [0.2, 0.25) is 5.91 Å². The van der Waals surface area contributed by atoms with Crippen molar-refractivity contribution in [3.05, 3.63) is 34.3 Å². The molecule has 1 aromatic carbocycles. The molecule has 0 aromatic heterocycles. The van der Waals surface area contributed by atoms with Gasteiger partial charge in [0, 0.05) is 10.5 Å². The lowest BCUT2D eigenvalue weighted by atomic mass is 9.92. The van der Waals surface area contributed by atoms with Crippen molar-refractivity contribution >= 4 is 21.8 Å². The zero-order valence-electron chi connectivity index (χ0n) is 11.3. The number of amides is 1. The van der Waals surface area contributed by atoms with Crippen LogP contribution in [0.15, 0.2) is 28.7 Å². The molecule has 0 bridgehead atoms. The molecule has 1 heterocycles. The monoisotopic (exact) mass is 324 g/mol. The lowest BCUT2D eigenvalue weighted by Crippen LogP contribution is -2.45. The van der Waals surface area contributed by atoms with E-state index in [4.69, 9.17) is 0 Å². The Morgan fingerprint density at radius 3 is 3.11 bits per heavy atom. The highest BCUT2D eigenvalue weighted by Gasteiger charge is 2.21. The Kier molecular flexibility index (Phi) is 5.40. The summed E-state index contributed by atoms with van der Waals surface area (Å²) in [6.45, 7) is 4.23. The van der Waals surface area contributed by atoms with E-state index >= 15 is 0 Å². The molecule has 2 rings (SSSR count). The Morgan fingerprint density at radius 1 is 1.58 bits per heavy atom. The van der Waals surface area contributed by atoms with Crippen LogP contribution in [-0.4, -0.2) is 25.0 Å². The Balaban J connectivity index is 1.83. The van der Waals surface area contributed by atoms with Crippen LogP contribution in [0.1, 0.15) is 25.3 Å². The fourth-order valence-corrected chi connectivity index (χ4v) is 3.01. The summed E-state index contributed by atoms with van der Waals surface area (Å²) >= 11 is 3.43. The van der Waals surface area contributed by atoms with Gasteiger partial charge in [0.1, 0.15) is 0 Å². The van der Waals surface area contributed by atoms with E-state index in [1.54, 1.807) is 0 Å². The van der Waals surface area contributed by atoms with Gasteiger partial charge in [-0.3, -0.25) is 4.79 Å². The molecule has 2 N–H and O–H groups in total. The second kappa shape index (κ2) is 7.06. The second-order valence-electron chi connectivity index (χ2n) is 5.27. The van der Waals surface area contributed by atoms with E-state index in [0.717, 1.165) is 23.1 Å². The maximum Gasteiger partial charge on any atom is 0.224 e. The smallest absolute Gasteiger partial charge is 0.224 e. The predicted molar refractivity (Wildman–Crippen MR) is 81.0 cm³/mol. The Morgan fingerprint density at radius 2 is 2.42 bits per heavy atom. The van der Waals surface area contributed by atoms with Crippen LogP contribution in [0.5, 0.6) is 0 Å². The molecule has 0 saturated carbocycles. The number of piperidine rings is 1. The van der Waals surface area contributed by atoms with E-state index in [-0.39, 0.29) is 11.9 Å². The number of halogens is 1. The molecule has 0 aliphatic carbocycles. The van der Waals surface area contributed by atoms with Gasteiger partial charge >= 0.3 is 0 Å². The zero-order chi connectivity index (χ0) is 13.7. The van der Waals surface area contributed by atoms with E-state index in [1.807, 2.05) is 24.3 Å². The van der Waals surface area contributed by atoms with Crippen LogP contribution in [-0.2, 0) is 11.2 Å². The SMILES string of the molecule is CC(NC(=O)Cc1cccc(Br)c1)C1CCCNC1. The maximum atomic E-state index is 12.0. The quantitative estimate of drug-likeness (QED) is 0.893. The number of carbonyl (C=O) groups is 1. The average molecular weight is 325 g/mol. The van der Waals surface area contributed by atoms with Crippen molar-refractivity contribution in [2.75, 3.05) is 13.1 Å². The summed E-state index contributed by atoms with van der Waals surface area (Å²) in [5.41, 5.74) is 1.04. The molecular formula is C15H21BrN2O. The molecule has 4 heteroatoms. The molecule has 19 heavy (non-hydrogen) atoms. The van der Waals surface area contributed by atoms with Gasteiger partial charge < -0.3 is 10.6 Å². The highest BCUT2D eigenvalue weighted by atomic mass is 79.9. The molecule has 0 radical (unpaired) electrons. The molecule has 2 unspecified atom stereocenters. The van der Waals surface area contributed by atoms with Crippen LogP contribution >= 0.6 is 15.9 Å². The largest absolute Gasteiger partial charge is 0.353 e. The summed E-state index contributed by atoms with van der Waals surface area (Å²) in [5, 5.41) is 6.51. The van der Waals surface area contributed by atoms with Crippen LogP contribution in [0.25, 0.3) is 0 Å². The van der Waals surface area contributed by atoms with Gasteiger partial charge in [-0.2, -0.15) is 0 Å². The maximum absolute atomic E-state index is 12.0. The molecule has 104 valence electrons. The molecule has 1 fully saturated rings. The van der Waals surface area contributed by atoms with Crippen molar-refractivity contribution in [1.29, 1.82) is 0 Å². The van der Waals surface area contributed by atoms with Crippen molar-refractivity contribution in [3.63, 3.8) is 0 Å². The Bertz CT molecular complexity index is 430. The van der Waals surface area contributed by atoms with Gasteiger partial charge in [-0.1, -0.05) is 28.1 Å². The van der Waals surface area contributed by atoms with Crippen LogP contribution in [0.3, 0.4) is 0 Å². The number of rotatable bonds is 4. The van der Waals surface area contributed by atoms with Gasteiger partial charge in [-0.25, -0.2) is 0 Å². The molecule has 3 nitrogen and oxygen atoms in total. The third kappa shape index (κ3) is 4.62.